The average molecular weight is 303 g/mol. The number of carbonyl (C=O) groups is 2. The fourth-order valence-corrected chi connectivity index (χ4v) is 2.77. The number of carbonyl (C=O) groups excluding carboxylic acids is 2. The monoisotopic (exact) mass is 302 g/mol. The third-order valence-corrected chi connectivity index (χ3v) is 4.06. The number of amides is 1. The van der Waals surface area contributed by atoms with Crippen LogP contribution in [0.2, 0.25) is 5.02 Å². The smallest absolute Gasteiger partial charge is 0.255 e. The third kappa shape index (κ3) is 2.63. The minimum atomic E-state index is -0.518. The lowest BCUT2D eigenvalue weighted by Gasteiger charge is -2.20. The van der Waals surface area contributed by atoms with Crippen molar-refractivity contribution in [3.63, 3.8) is 0 Å². The highest BCUT2D eigenvalue weighted by molar-refractivity contribution is 8.03. The van der Waals surface area contributed by atoms with Crippen LogP contribution in [-0.4, -0.2) is 22.1 Å². The summed E-state index contributed by atoms with van der Waals surface area (Å²) in [6.45, 7) is 0. The number of benzene rings is 1. The molecule has 0 bridgehead atoms. The van der Waals surface area contributed by atoms with Crippen molar-refractivity contribution in [1.82, 2.24) is 9.74 Å². The molecule has 1 amide bonds. The van der Waals surface area contributed by atoms with Gasteiger partial charge in [0.15, 0.2) is 11.8 Å². The Labute approximate surface area is 118 Å². The van der Waals surface area contributed by atoms with Crippen molar-refractivity contribution >= 4 is 47.3 Å². The molecular formula is C11H8Cl2N2O2S. The van der Waals surface area contributed by atoms with Crippen LogP contribution in [0.1, 0.15) is 10.4 Å². The topological polar surface area (TPSA) is 49.4 Å². The molecule has 4 nitrogen and oxygen atoms in total. The molecule has 1 aromatic rings. The van der Waals surface area contributed by atoms with Crippen LogP contribution >= 0.6 is 35.1 Å². The number of allylic oxidation sites excluding steroid dienone is 1. The minimum Gasteiger partial charge on any atom is -0.322 e. The minimum absolute atomic E-state index is 0.311. The quantitative estimate of drug-likeness (QED) is 0.689. The molecule has 0 saturated carbocycles. The van der Waals surface area contributed by atoms with Gasteiger partial charge in [-0.3, -0.25) is 9.59 Å². The zero-order valence-electron chi connectivity index (χ0n) is 8.97. The largest absolute Gasteiger partial charge is 0.322 e. The highest BCUT2D eigenvalue weighted by Gasteiger charge is 2.27. The van der Waals surface area contributed by atoms with Crippen LogP contribution < -0.4 is 5.32 Å². The predicted molar refractivity (Wildman–Crippen MR) is 72.1 cm³/mol. The van der Waals surface area contributed by atoms with E-state index in [9.17, 15) is 9.59 Å². The molecule has 0 spiro atoms. The zero-order valence-corrected chi connectivity index (χ0v) is 11.3. The van der Waals surface area contributed by atoms with Crippen molar-refractivity contribution in [2.24, 2.45) is 0 Å². The molecule has 94 valence electrons. The van der Waals surface area contributed by atoms with Gasteiger partial charge in [0.05, 0.1) is 10.6 Å². The number of thioether (sulfide) groups is 1. The van der Waals surface area contributed by atoms with Crippen LogP contribution in [0.4, 0.5) is 0 Å². The van der Waals surface area contributed by atoms with Gasteiger partial charge in [0, 0.05) is 17.2 Å². The maximum Gasteiger partial charge on any atom is 0.255 e. The Balaban J connectivity index is 2.06. The van der Waals surface area contributed by atoms with E-state index in [0.717, 1.165) is 0 Å². The fraction of sp³-hybridized carbons (Fsp3) is 0.0909. The van der Waals surface area contributed by atoms with Crippen LogP contribution in [0, 0.1) is 0 Å². The molecule has 1 unspecified atom stereocenters. The number of nitrogens with one attached hydrogen (secondary N) is 1. The highest BCUT2D eigenvalue weighted by atomic mass is 35.5. The molecule has 0 fully saturated rings. The maximum atomic E-state index is 12.0. The van der Waals surface area contributed by atoms with Gasteiger partial charge < -0.3 is 5.32 Å². The summed E-state index contributed by atoms with van der Waals surface area (Å²) in [5.41, 5.74) is 0.158. The Kier molecular flexibility index (Phi) is 4.16. The summed E-state index contributed by atoms with van der Waals surface area (Å²) >= 11 is 13.0. The summed E-state index contributed by atoms with van der Waals surface area (Å²) in [7, 11) is 0. The molecule has 1 aromatic carbocycles. The van der Waals surface area contributed by atoms with Gasteiger partial charge >= 0.3 is 0 Å². The van der Waals surface area contributed by atoms with Crippen molar-refractivity contribution in [3.05, 3.63) is 46.0 Å². The Morgan fingerprint density at radius 1 is 1.44 bits per heavy atom. The first kappa shape index (κ1) is 13.3. The summed E-state index contributed by atoms with van der Waals surface area (Å²) < 4.78 is 1.17. The average Bonchev–Trinajstić information content (AvgIpc) is 2.71. The maximum absolute atomic E-state index is 12.0. The van der Waals surface area contributed by atoms with Crippen molar-refractivity contribution < 1.29 is 9.59 Å². The van der Waals surface area contributed by atoms with E-state index in [-0.39, 0.29) is 5.91 Å². The summed E-state index contributed by atoms with van der Waals surface area (Å²) in [6.07, 6.45) is 0.627. The number of rotatable bonds is 3. The van der Waals surface area contributed by atoms with E-state index in [1.807, 2.05) is 0 Å². The number of hydrogen-bond donors (Lipinski definition) is 1. The van der Waals surface area contributed by atoms with Crippen molar-refractivity contribution in [2.45, 2.75) is 5.50 Å². The van der Waals surface area contributed by atoms with E-state index in [0.29, 0.717) is 22.6 Å². The summed E-state index contributed by atoms with van der Waals surface area (Å²) in [5, 5.41) is 4.62. The molecule has 2 rings (SSSR count). The first-order valence-electron chi connectivity index (χ1n) is 4.94. The van der Waals surface area contributed by atoms with E-state index in [1.165, 1.54) is 16.2 Å². The van der Waals surface area contributed by atoms with Gasteiger partial charge in [-0.25, -0.2) is 4.42 Å². The summed E-state index contributed by atoms with van der Waals surface area (Å²) in [6, 6.07) is 6.70. The first-order chi connectivity index (χ1) is 8.63. The van der Waals surface area contributed by atoms with Crippen LogP contribution in [-0.2, 0) is 4.79 Å². The van der Waals surface area contributed by atoms with Gasteiger partial charge in [0.2, 0.25) is 0 Å². The fourth-order valence-electron chi connectivity index (χ4n) is 1.38. The van der Waals surface area contributed by atoms with Gasteiger partial charge in [0.1, 0.15) is 5.70 Å². The standard InChI is InChI=1S/C11H8Cl2N2O2S/c12-9-4-2-1-3-8(9)10(17)14-11-15(13)7(5-16)6-18-11/h1-6,11H,(H,14,17). The van der Waals surface area contributed by atoms with Gasteiger partial charge in [-0.15, -0.1) is 0 Å². The van der Waals surface area contributed by atoms with Crippen molar-refractivity contribution in [2.75, 3.05) is 0 Å². The van der Waals surface area contributed by atoms with E-state index < -0.39 is 5.50 Å². The number of halogens is 2. The molecule has 1 atom stereocenters. The molecule has 7 heteroatoms. The van der Waals surface area contributed by atoms with E-state index in [1.54, 1.807) is 29.7 Å². The molecular weight excluding hydrogens is 295 g/mol. The SMILES string of the molecule is O=CC1=CSC(NC(=O)c2ccccc2Cl)N1Cl. The molecule has 1 N–H and O–H groups in total. The van der Waals surface area contributed by atoms with Gasteiger partial charge in [0.25, 0.3) is 5.91 Å². The Hall–Kier alpha value is -1.17. The van der Waals surface area contributed by atoms with Crippen molar-refractivity contribution in [1.29, 1.82) is 0 Å². The van der Waals surface area contributed by atoms with Gasteiger partial charge in [-0.05, 0) is 12.1 Å². The van der Waals surface area contributed by atoms with E-state index in [4.69, 9.17) is 23.4 Å². The summed E-state index contributed by atoms with van der Waals surface area (Å²) in [4.78, 5) is 22.6. The summed E-state index contributed by atoms with van der Waals surface area (Å²) in [5.74, 6) is -0.343. The van der Waals surface area contributed by atoms with Gasteiger partial charge in [-0.2, -0.15) is 0 Å². The molecule has 1 aliphatic heterocycles. The van der Waals surface area contributed by atoms with Gasteiger partial charge in [-0.1, -0.05) is 35.5 Å². The number of aldehydes is 1. The second-order valence-corrected chi connectivity index (χ2v) is 5.14. The lowest BCUT2D eigenvalue weighted by Crippen LogP contribution is -2.39. The van der Waals surface area contributed by atoms with Crippen LogP contribution in [0.25, 0.3) is 0 Å². The van der Waals surface area contributed by atoms with Crippen molar-refractivity contribution in [3.8, 4) is 0 Å². The number of hydrogen-bond acceptors (Lipinski definition) is 4. The lowest BCUT2D eigenvalue weighted by atomic mass is 10.2. The normalized spacial score (nSPS) is 18.4. The zero-order chi connectivity index (χ0) is 13.1. The van der Waals surface area contributed by atoms with Crippen LogP contribution in [0.3, 0.4) is 0 Å². The Morgan fingerprint density at radius 2 is 2.17 bits per heavy atom. The predicted octanol–water partition coefficient (Wildman–Crippen LogP) is 2.60. The second kappa shape index (κ2) is 5.65. The van der Waals surface area contributed by atoms with E-state index in [2.05, 4.69) is 5.32 Å². The molecule has 0 aromatic heterocycles. The second-order valence-electron chi connectivity index (χ2n) is 3.41. The first-order valence-corrected chi connectivity index (χ1v) is 6.60. The van der Waals surface area contributed by atoms with Crippen LogP contribution in [0.15, 0.2) is 35.4 Å². The molecule has 0 saturated heterocycles. The molecule has 0 aliphatic carbocycles. The molecule has 1 heterocycles. The highest BCUT2D eigenvalue weighted by Crippen LogP contribution is 2.30. The molecule has 0 radical (unpaired) electrons. The van der Waals surface area contributed by atoms with Crippen LogP contribution in [0.5, 0.6) is 0 Å². The molecule has 18 heavy (non-hydrogen) atoms. The Morgan fingerprint density at radius 3 is 2.78 bits per heavy atom. The molecule has 1 aliphatic rings. The third-order valence-electron chi connectivity index (χ3n) is 2.26. The Bertz CT molecular complexity index is 522. The van der Waals surface area contributed by atoms with E-state index >= 15 is 0 Å². The number of nitrogens with zero attached hydrogens (tertiary/aromatic N) is 1. The lowest BCUT2D eigenvalue weighted by molar-refractivity contribution is -0.105.